The van der Waals surface area contributed by atoms with Gasteiger partial charge in [-0.15, -0.1) is 0 Å². The van der Waals surface area contributed by atoms with Gasteiger partial charge in [-0.25, -0.2) is 9.78 Å². The van der Waals surface area contributed by atoms with Crippen LogP contribution in [0.15, 0.2) is 18.2 Å². The van der Waals surface area contributed by atoms with Crippen LogP contribution in [0.25, 0.3) is 0 Å². The van der Waals surface area contributed by atoms with Gasteiger partial charge >= 0.3 is 12.0 Å². The number of carbonyl (C=O) groups excluding carboxylic acids is 1. The number of amides is 2. The lowest BCUT2D eigenvalue weighted by atomic mass is 9.90. The molecule has 2 N–H and O–H groups in total. The molecule has 1 fully saturated rings. The van der Waals surface area contributed by atoms with Crippen molar-refractivity contribution >= 4 is 12.0 Å². The Morgan fingerprint density at radius 1 is 1.42 bits per heavy atom. The molecule has 24 heavy (non-hydrogen) atoms. The minimum atomic E-state index is -0.869. The highest BCUT2D eigenvalue weighted by atomic mass is 16.5. The molecule has 1 aromatic rings. The van der Waals surface area contributed by atoms with Crippen molar-refractivity contribution in [2.45, 2.75) is 46.3 Å². The number of carbonyl (C=O) groups is 2. The van der Waals surface area contributed by atoms with E-state index in [1.165, 1.54) is 4.90 Å². The number of aromatic nitrogens is 1. The summed E-state index contributed by atoms with van der Waals surface area (Å²) >= 11 is 0. The van der Waals surface area contributed by atoms with Gasteiger partial charge in [0.15, 0.2) is 0 Å². The second-order valence-electron chi connectivity index (χ2n) is 7.38. The lowest BCUT2D eigenvalue weighted by Crippen LogP contribution is -2.40. The monoisotopic (exact) mass is 335 g/mol. The number of hydrogen-bond acceptors (Lipinski definition) is 4. The van der Waals surface area contributed by atoms with Gasteiger partial charge in [-0.3, -0.25) is 4.79 Å². The number of nitrogens with zero attached hydrogens (tertiary/aromatic N) is 2. The zero-order valence-corrected chi connectivity index (χ0v) is 14.6. The second-order valence-corrected chi connectivity index (χ2v) is 7.38. The first-order valence-electron chi connectivity index (χ1n) is 8.00. The molecule has 0 aromatic carbocycles. The molecule has 0 spiro atoms. The third kappa shape index (κ3) is 4.59. The van der Waals surface area contributed by atoms with Crippen molar-refractivity contribution in [1.82, 2.24) is 15.2 Å². The standard InChI is InChI=1S/C17H25N3O4/c1-16(2,3)24-13-7-5-6-12(19-13)10-18-15(23)20-9-8-17(4,11-20)14(21)22/h5-7H,8-11H2,1-4H3,(H,18,23)(H,21,22). The van der Waals surface area contributed by atoms with E-state index in [9.17, 15) is 14.7 Å². The summed E-state index contributed by atoms with van der Waals surface area (Å²) in [4.78, 5) is 29.3. The van der Waals surface area contributed by atoms with Crippen LogP contribution in [-0.4, -0.2) is 45.7 Å². The molecule has 2 heterocycles. The lowest BCUT2D eigenvalue weighted by molar-refractivity contribution is -0.147. The molecule has 0 radical (unpaired) electrons. The maximum Gasteiger partial charge on any atom is 0.317 e. The Kier molecular flexibility index (Phi) is 5.01. The molecule has 1 saturated heterocycles. The van der Waals surface area contributed by atoms with Gasteiger partial charge in [0.2, 0.25) is 5.88 Å². The molecular weight excluding hydrogens is 310 g/mol. The highest BCUT2D eigenvalue weighted by Crippen LogP contribution is 2.30. The summed E-state index contributed by atoms with van der Waals surface area (Å²) in [6, 6.07) is 5.13. The van der Waals surface area contributed by atoms with Crippen molar-refractivity contribution in [2.24, 2.45) is 5.41 Å². The van der Waals surface area contributed by atoms with Gasteiger partial charge < -0.3 is 20.1 Å². The maximum absolute atomic E-state index is 12.2. The highest BCUT2D eigenvalue weighted by molar-refractivity contribution is 5.79. The fourth-order valence-electron chi connectivity index (χ4n) is 2.51. The first-order chi connectivity index (χ1) is 11.1. The maximum atomic E-state index is 12.2. The van der Waals surface area contributed by atoms with Gasteiger partial charge in [0, 0.05) is 19.2 Å². The van der Waals surface area contributed by atoms with E-state index in [2.05, 4.69) is 10.3 Å². The second kappa shape index (κ2) is 6.67. The summed E-state index contributed by atoms with van der Waals surface area (Å²) in [6.45, 7) is 8.41. The number of hydrogen-bond donors (Lipinski definition) is 2. The molecule has 7 heteroatoms. The van der Waals surface area contributed by atoms with Crippen LogP contribution in [0.4, 0.5) is 4.79 Å². The Balaban J connectivity index is 1.91. The molecule has 1 aromatic heterocycles. The third-order valence-corrected chi connectivity index (χ3v) is 3.89. The summed E-state index contributed by atoms with van der Waals surface area (Å²) in [5, 5.41) is 12.0. The van der Waals surface area contributed by atoms with Gasteiger partial charge in [0.25, 0.3) is 0 Å². The van der Waals surface area contributed by atoms with Crippen LogP contribution in [0.5, 0.6) is 5.88 Å². The van der Waals surface area contributed by atoms with Crippen molar-refractivity contribution in [1.29, 1.82) is 0 Å². The largest absolute Gasteiger partial charge is 0.481 e. The number of likely N-dealkylation sites (tertiary alicyclic amines) is 1. The van der Waals surface area contributed by atoms with Crippen molar-refractivity contribution in [2.75, 3.05) is 13.1 Å². The number of rotatable bonds is 4. The predicted molar refractivity (Wildman–Crippen MR) is 88.8 cm³/mol. The summed E-state index contributed by atoms with van der Waals surface area (Å²) in [5.74, 6) is -0.361. The molecule has 0 aliphatic carbocycles. The van der Waals surface area contributed by atoms with Crippen LogP contribution in [0.1, 0.15) is 39.8 Å². The third-order valence-electron chi connectivity index (χ3n) is 3.89. The fourth-order valence-corrected chi connectivity index (χ4v) is 2.51. The van der Waals surface area contributed by atoms with E-state index >= 15 is 0 Å². The van der Waals surface area contributed by atoms with Gasteiger partial charge in [-0.2, -0.15) is 0 Å². The first-order valence-corrected chi connectivity index (χ1v) is 8.00. The van der Waals surface area contributed by atoms with E-state index in [0.29, 0.717) is 24.5 Å². The summed E-state index contributed by atoms with van der Waals surface area (Å²) in [6.07, 6.45) is 0.461. The molecular formula is C17H25N3O4. The molecule has 1 aliphatic rings. The average molecular weight is 335 g/mol. The number of carboxylic acid groups (broad SMARTS) is 1. The van der Waals surface area contributed by atoms with Crippen LogP contribution < -0.4 is 10.1 Å². The van der Waals surface area contributed by atoms with E-state index in [0.717, 1.165) is 0 Å². The number of pyridine rings is 1. The number of nitrogens with one attached hydrogen (secondary N) is 1. The average Bonchev–Trinajstić information content (AvgIpc) is 2.87. The van der Waals surface area contributed by atoms with Gasteiger partial charge in [0.1, 0.15) is 5.60 Å². The van der Waals surface area contributed by atoms with Gasteiger partial charge in [-0.05, 0) is 40.2 Å². The fraction of sp³-hybridized carbons (Fsp3) is 0.588. The molecule has 0 bridgehead atoms. The van der Waals surface area contributed by atoms with Crippen molar-refractivity contribution in [3.05, 3.63) is 23.9 Å². The minimum absolute atomic E-state index is 0.217. The van der Waals surface area contributed by atoms with Crippen molar-refractivity contribution in [3.8, 4) is 5.88 Å². The summed E-state index contributed by atoms with van der Waals surface area (Å²) in [7, 11) is 0. The SMILES string of the molecule is CC(C)(C)Oc1cccc(CNC(=O)N2CCC(C)(C(=O)O)C2)n1. The van der Waals surface area contributed by atoms with E-state index < -0.39 is 11.4 Å². The van der Waals surface area contributed by atoms with Crippen LogP contribution in [0, 0.1) is 5.41 Å². The molecule has 132 valence electrons. The Labute approximate surface area is 142 Å². The number of ether oxygens (including phenoxy) is 1. The lowest BCUT2D eigenvalue weighted by Gasteiger charge is -2.21. The van der Waals surface area contributed by atoms with Crippen LogP contribution in [-0.2, 0) is 11.3 Å². The number of urea groups is 1. The van der Waals surface area contributed by atoms with E-state index in [1.54, 1.807) is 19.1 Å². The summed E-state index contributed by atoms with van der Waals surface area (Å²) < 4.78 is 5.70. The van der Waals surface area contributed by atoms with Crippen molar-refractivity contribution in [3.63, 3.8) is 0 Å². The number of carboxylic acids is 1. The Morgan fingerprint density at radius 3 is 2.71 bits per heavy atom. The smallest absolute Gasteiger partial charge is 0.317 e. The zero-order valence-electron chi connectivity index (χ0n) is 14.6. The predicted octanol–water partition coefficient (Wildman–Crippen LogP) is 2.27. The number of aliphatic carboxylic acids is 1. The molecule has 1 aliphatic heterocycles. The Morgan fingerprint density at radius 2 is 2.12 bits per heavy atom. The minimum Gasteiger partial charge on any atom is -0.481 e. The first kappa shape index (κ1) is 18.0. The quantitative estimate of drug-likeness (QED) is 0.880. The summed E-state index contributed by atoms with van der Waals surface area (Å²) in [5.41, 5.74) is -0.521. The van der Waals surface area contributed by atoms with Gasteiger partial charge in [-0.1, -0.05) is 6.07 Å². The van der Waals surface area contributed by atoms with Gasteiger partial charge in [0.05, 0.1) is 17.7 Å². The molecule has 2 amide bonds. The zero-order chi connectivity index (χ0) is 18.0. The normalized spacial score (nSPS) is 20.8. The van der Waals surface area contributed by atoms with Crippen LogP contribution in [0.2, 0.25) is 0 Å². The van der Waals surface area contributed by atoms with E-state index in [1.807, 2.05) is 26.8 Å². The van der Waals surface area contributed by atoms with Crippen LogP contribution in [0.3, 0.4) is 0 Å². The molecule has 2 rings (SSSR count). The highest BCUT2D eigenvalue weighted by Gasteiger charge is 2.42. The topological polar surface area (TPSA) is 91.8 Å². The molecule has 0 saturated carbocycles. The van der Waals surface area contributed by atoms with E-state index in [-0.39, 0.29) is 24.7 Å². The molecule has 1 atom stereocenters. The van der Waals surface area contributed by atoms with E-state index in [4.69, 9.17) is 4.74 Å². The van der Waals surface area contributed by atoms with Crippen molar-refractivity contribution < 1.29 is 19.4 Å². The molecule has 7 nitrogen and oxygen atoms in total. The molecule has 1 unspecified atom stereocenters. The Hall–Kier alpha value is -2.31. The Bertz CT molecular complexity index is 627. The van der Waals surface area contributed by atoms with Crippen LogP contribution >= 0.6 is 0 Å².